The van der Waals surface area contributed by atoms with E-state index in [4.69, 9.17) is 28.9 Å². The molecule has 0 aliphatic rings. The van der Waals surface area contributed by atoms with E-state index >= 15 is 0 Å². The van der Waals surface area contributed by atoms with Crippen molar-refractivity contribution in [3.63, 3.8) is 0 Å². The van der Waals surface area contributed by atoms with Gasteiger partial charge in [0.05, 0.1) is 17.9 Å². The van der Waals surface area contributed by atoms with Crippen molar-refractivity contribution < 1.29 is 21.6 Å². The van der Waals surface area contributed by atoms with Crippen LogP contribution in [0.15, 0.2) is 0 Å². The Balaban J connectivity index is 5.82. The number of carbonyl (C=O) groups is 1. The summed E-state index contributed by atoms with van der Waals surface area (Å²) in [7, 11) is -8.25. The van der Waals surface area contributed by atoms with Crippen LogP contribution in [-0.4, -0.2) is 50.1 Å². The number of nitrogens with two attached hydrogens (primary N) is 1. The van der Waals surface area contributed by atoms with Crippen molar-refractivity contribution in [2.24, 2.45) is 5.73 Å². The molecule has 0 saturated carbocycles. The number of primary amides is 1. The molecule has 0 unspecified atom stereocenters. The molecule has 0 aromatic heterocycles. The number of amides is 1. The molecule has 0 atom stereocenters. The number of halogens is 2. The average Bonchev–Trinajstić information content (AvgIpc) is 2.15. The van der Waals surface area contributed by atoms with E-state index in [0.717, 1.165) is 6.92 Å². The minimum atomic E-state index is -4.13. The first-order valence-corrected chi connectivity index (χ1v) is 9.26. The topological polar surface area (TPSA) is 111 Å². The molecule has 108 valence electrons. The number of hydrogen-bond donors (Lipinski definition) is 1. The zero-order chi connectivity index (χ0) is 14.6. The van der Waals surface area contributed by atoms with Gasteiger partial charge in [0, 0.05) is 11.8 Å². The lowest BCUT2D eigenvalue weighted by Crippen LogP contribution is -2.49. The maximum Gasteiger partial charge on any atom is 0.220 e. The average molecular weight is 340 g/mol. The molecule has 0 radical (unpaired) electrons. The van der Waals surface area contributed by atoms with Gasteiger partial charge in [0.2, 0.25) is 5.91 Å². The zero-order valence-corrected chi connectivity index (χ0v) is 12.9. The Hall–Kier alpha value is -0.0500. The first-order chi connectivity index (χ1) is 8.04. The molecule has 0 spiro atoms. The van der Waals surface area contributed by atoms with E-state index in [-0.39, 0.29) is 11.8 Å². The number of alkyl halides is 2. The summed E-state index contributed by atoms with van der Waals surface area (Å²) in [5, 5.41) is 0. The van der Waals surface area contributed by atoms with Gasteiger partial charge in [-0.15, -0.1) is 23.2 Å². The Morgan fingerprint density at radius 1 is 1.06 bits per heavy atom. The van der Waals surface area contributed by atoms with E-state index in [1.165, 1.54) is 0 Å². The highest BCUT2D eigenvalue weighted by atomic mass is 35.5. The third-order valence-corrected chi connectivity index (χ3v) is 9.26. The van der Waals surface area contributed by atoms with Crippen LogP contribution in [0, 0.1) is 0 Å². The van der Waals surface area contributed by atoms with Crippen LogP contribution < -0.4 is 5.73 Å². The predicted octanol–water partition coefficient (Wildman–Crippen LogP) is -0.115. The van der Waals surface area contributed by atoms with E-state index in [1.807, 2.05) is 0 Å². The Kier molecular flexibility index (Phi) is 6.39. The van der Waals surface area contributed by atoms with Crippen LogP contribution >= 0.6 is 23.2 Å². The highest BCUT2D eigenvalue weighted by Gasteiger charge is 2.50. The number of rotatable bonds is 8. The molecule has 2 N–H and O–H groups in total. The summed E-state index contributed by atoms with van der Waals surface area (Å²) < 4.78 is 45.7. The number of sulfone groups is 2. The molecular formula is C8H15Cl2NO5S2. The summed E-state index contributed by atoms with van der Waals surface area (Å²) in [6.07, 6.45) is -0.814. The molecule has 0 aromatic rings. The van der Waals surface area contributed by atoms with Gasteiger partial charge in [-0.2, -0.15) is 0 Å². The van der Waals surface area contributed by atoms with Gasteiger partial charge in [0.1, 0.15) is 0 Å². The fourth-order valence-electron chi connectivity index (χ4n) is 1.36. The minimum absolute atomic E-state index is 0.271. The molecule has 0 aliphatic carbocycles. The van der Waals surface area contributed by atoms with Gasteiger partial charge in [-0.3, -0.25) is 4.79 Å². The molecule has 6 nitrogen and oxygen atoms in total. The molecule has 0 fully saturated rings. The Morgan fingerprint density at radius 2 is 1.39 bits per heavy atom. The van der Waals surface area contributed by atoms with Crippen molar-refractivity contribution in [2.45, 2.75) is 17.4 Å². The van der Waals surface area contributed by atoms with Gasteiger partial charge >= 0.3 is 0 Å². The van der Waals surface area contributed by atoms with Gasteiger partial charge < -0.3 is 5.73 Å². The molecule has 0 heterocycles. The molecule has 0 bridgehead atoms. The van der Waals surface area contributed by atoms with Crippen molar-refractivity contribution in [3.8, 4) is 0 Å². The smallest absolute Gasteiger partial charge is 0.220 e. The third-order valence-electron chi connectivity index (χ3n) is 2.50. The maximum atomic E-state index is 12.0. The summed E-state index contributed by atoms with van der Waals surface area (Å²) in [4.78, 5) is 10.9. The first kappa shape index (κ1) is 17.9. The lowest BCUT2D eigenvalue weighted by molar-refractivity contribution is -0.118. The van der Waals surface area contributed by atoms with Crippen LogP contribution in [0.2, 0.25) is 0 Å². The zero-order valence-electron chi connectivity index (χ0n) is 9.73. The van der Waals surface area contributed by atoms with Crippen LogP contribution in [0.25, 0.3) is 0 Å². The monoisotopic (exact) mass is 339 g/mol. The lowest BCUT2D eigenvalue weighted by atomic mass is 10.3. The van der Waals surface area contributed by atoms with Gasteiger partial charge in [0.15, 0.2) is 23.8 Å². The fourth-order valence-corrected chi connectivity index (χ4v) is 6.63. The summed E-state index contributed by atoms with van der Waals surface area (Å²) in [6, 6.07) is 0. The maximum absolute atomic E-state index is 12.0. The van der Waals surface area contributed by atoms with Gasteiger partial charge in [-0.05, 0) is 6.92 Å². The Morgan fingerprint density at radius 3 is 1.61 bits per heavy atom. The van der Waals surface area contributed by atoms with Crippen LogP contribution in [0.4, 0.5) is 0 Å². The second-order valence-corrected chi connectivity index (χ2v) is 9.88. The van der Waals surface area contributed by atoms with Crippen LogP contribution in [0.1, 0.15) is 13.3 Å². The van der Waals surface area contributed by atoms with Crippen molar-refractivity contribution in [1.29, 1.82) is 0 Å². The van der Waals surface area contributed by atoms with Crippen LogP contribution in [0.3, 0.4) is 0 Å². The first-order valence-electron chi connectivity index (χ1n) is 4.89. The van der Waals surface area contributed by atoms with E-state index in [9.17, 15) is 21.6 Å². The molecule has 10 heteroatoms. The summed E-state index contributed by atoms with van der Waals surface area (Å²) in [5.74, 6) is -2.67. The molecule has 0 saturated heterocycles. The van der Waals surface area contributed by atoms with Crippen LogP contribution in [-0.2, 0) is 24.5 Å². The van der Waals surface area contributed by atoms with Gasteiger partial charge in [-0.1, -0.05) is 0 Å². The molecule has 18 heavy (non-hydrogen) atoms. The quantitative estimate of drug-likeness (QED) is 0.620. The van der Waals surface area contributed by atoms with Crippen molar-refractivity contribution in [1.82, 2.24) is 0 Å². The van der Waals surface area contributed by atoms with Gasteiger partial charge in [-0.25, -0.2) is 16.8 Å². The standard InChI is InChI=1S/C8H15Cl2NO5S2/c1-8(6-7(11)12,17(13,14)4-2-9)18(15,16)5-3-10/h2-6H2,1H3,(H2,11,12). The van der Waals surface area contributed by atoms with Crippen LogP contribution in [0.5, 0.6) is 0 Å². The SMILES string of the molecule is CC(CC(N)=O)(S(=O)(=O)CCCl)S(=O)(=O)CCCl. The minimum Gasteiger partial charge on any atom is -0.370 e. The number of hydrogen-bond acceptors (Lipinski definition) is 5. The molecule has 1 amide bonds. The van der Waals surface area contributed by atoms with Gasteiger partial charge in [0.25, 0.3) is 0 Å². The lowest BCUT2D eigenvalue weighted by Gasteiger charge is -2.27. The third kappa shape index (κ3) is 3.72. The molecule has 0 aromatic carbocycles. The van der Waals surface area contributed by atoms with E-state index in [1.54, 1.807) is 0 Å². The normalized spacial score (nSPS) is 13.5. The van der Waals surface area contributed by atoms with Crippen molar-refractivity contribution in [2.75, 3.05) is 23.3 Å². The van der Waals surface area contributed by atoms with Crippen molar-refractivity contribution >= 4 is 48.8 Å². The molecule has 0 aliphatic heterocycles. The predicted molar refractivity (Wildman–Crippen MR) is 71.2 cm³/mol. The van der Waals surface area contributed by atoms with Crippen molar-refractivity contribution in [3.05, 3.63) is 0 Å². The molecule has 0 rings (SSSR count). The number of carbonyl (C=O) groups excluding carboxylic acids is 1. The fraction of sp³-hybridized carbons (Fsp3) is 0.875. The van der Waals surface area contributed by atoms with E-state index in [0.29, 0.717) is 0 Å². The summed E-state index contributed by atoms with van der Waals surface area (Å²) in [5.41, 5.74) is 4.93. The summed E-state index contributed by atoms with van der Waals surface area (Å²) >= 11 is 10.7. The Bertz CT molecular complexity index is 464. The second kappa shape index (κ2) is 6.40. The highest BCUT2D eigenvalue weighted by Crippen LogP contribution is 2.30. The molecular weight excluding hydrogens is 325 g/mol. The Labute approximate surface area is 117 Å². The van der Waals surface area contributed by atoms with E-state index in [2.05, 4.69) is 0 Å². The highest BCUT2D eigenvalue weighted by molar-refractivity contribution is 8.10. The second-order valence-electron chi connectivity index (χ2n) is 3.79. The van der Waals surface area contributed by atoms with E-state index < -0.39 is 47.6 Å². The summed E-state index contributed by atoms with van der Waals surface area (Å²) in [6.45, 7) is 0.960. The largest absolute Gasteiger partial charge is 0.370 e.